The van der Waals surface area contributed by atoms with Gasteiger partial charge in [-0.15, -0.1) is 0 Å². The molecule has 0 fully saturated rings. The Morgan fingerprint density at radius 3 is 2.78 bits per heavy atom. The first kappa shape index (κ1) is 12.4. The second kappa shape index (κ2) is 5.55. The summed E-state index contributed by atoms with van der Waals surface area (Å²) < 4.78 is 8.99. The van der Waals surface area contributed by atoms with E-state index in [9.17, 15) is 4.79 Å². The summed E-state index contributed by atoms with van der Waals surface area (Å²) in [6, 6.07) is 9.61. The molecule has 18 heavy (non-hydrogen) atoms. The van der Waals surface area contributed by atoms with Gasteiger partial charge in [-0.05, 0) is 24.0 Å². The maximum absolute atomic E-state index is 11.5. The fourth-order valence-electron chi connectivity index (χ4n) is 1.39. The Morgan fingerprint density at radius 1 is 1.39 bits per heavy atom. The number of benzene rings is 1. The smallest absolute Gasteiger partial charge is 0.369 e. The SMILES string of the molecule is C=C(c1ccccc1)c1nsc(C(=O)OCC)n1. The number of aromatic nitrogens is 2. The number of hydrogen-bond donors (Lipinski definition) is 0. The van der Waals surface area contributed by atoms with Gasteiger partial charge >= 0.3 is 5.97 Å². The first-order valence-corrected chi connectivity index (χ1v) is 6.25. The van der Waals surface area contributed by atoms with E-state index in [2.05, 4.69) is 15.9 Å². The van der Waals surface area contributed by atoms with Gasteiger partial charge in [0.25, 0.3) is 0 Å². The van der Waals surface area contributed by atoms with Crippen LogP contribution >= 0.6 is 11.5 Å². The largest absolute Gasteiger partial charge is 0.461 e. The molecule has 0 amide bonds. The summed E-state index contributed by atoms with van der Waals surface area (Å²) in [7, 11) is 0. The number of carbonyl (C=O) groups is 1. The van der Waals surface area contributed by atoms with E-state index in [0.29, 0.717) is 18.0 Å². The number of esters is 1. The van der Waals surface area contributed by atoms with Crippen molar-refractivity contribution in [3.63, 3.8) is 0 Å². The van der Waals surface area contributed by atoms with E-state index in [1.54, 1.807) is 6.92 Å². The van der Waals surface area contributed by atoms with Gasteiger partial charge in [0, 0.05) is 5.57 Å². The second-order valence-corrected chi connectivity index (χ2v) is 4.24. The van der Waals surface area contributed by atoms with Crippen LogP contribution in [0.3, 0.4) is 0 Å². The molecule has 0 saturated carbocycles. The third-order valence-electron chi connectivity index (χ3n) is 2.27. The van der Waals surface area contributed by atoms with Gasteiger partial charge in [-0.25, -0.2) is 9.78 Å². The molecule has 0 aliphatic rings. The maximum Gasteiger partial charge on any atom is 0.369 e. The summed E-state index contributed by atoms with van der Waals surface area (Å²) >= 11 is 1.02. The Bertz CT molecular complexity index is 563. The first-order valence-electron chi connectivity index (χ1n) is 5.48. The van der Waals surface area contributed by atoms with Crippen molar-refractivity contribution in [2.75, 3.05) is 6.61 Å². The monoisotopic (exact) mass is 260 g/mol. The van der Waals surface area contributed by atoms with Crippen molar-refractivity contribution < 1.29 is 9.53 Å². The van der Waals surface area contributed by atoms with Crippen LogP contribution in [0.1, 0.15) is 28.1 Å². The second-order valence-electron chi connectivity index (χ2n) is 3.49. The van der Waals surface area contributed by atoms with Crippen LogP contribution in [0, 0.1) is 0 Å². The van der Waals surface area contributed by atoms with E-state index >= 15 is 0 Å². The Morgan fingerprint density at radius 2 is 2.11 bits per heavy atom. The normalized spacial score (nSPS) is 10.1. The van der Waals surface area contributed by atoms with Crippen LogP contribution < -0.4 is 0 Å². The van der Waals surface area contributed by atoms with Gasteiger partial charge in [-0.1, -0.05) is 36.9 Å². The van der Waals surface area contributed by atoms with Crippen molar-refractivity contribution in [1.29, 1.82) is 0 Å². The predicted octanol–water partition coefficient (Wildman–Crippen LogP) is 2.78. The lowest BCUT2D eigenvalue weighted by molar-refractivity contribution is 0.0526. The summed E-state index contributed by atoms with van der Waals surface area (Å²) in [6.45, 7) is 6.02. The highest BCUT2D eigenvalue weighted by atomic mass is 32.1. The average molecular weight is 260 g/mol. The molecule has 1 aromatic carbocycles. The molecule has 0 N–H and O–H groups in total. The van der Waals surface area contributed by atoms with Crippen molar-refractivity contribution in [3.8, 4) is 0 Å². The maximum atomic E-state index is 11.5. The molecule has 4 nitrogen and oxygen atoms in total. The summed E-state index contributed by atoms with van der Waals surface area (Å²) in [4.78, 5) is 15.6. The standard InChI is InChI=1S/C13H12N2O2S/c1-3-17-13(16)12-14-11(15-18-12)9(2)10-7-5-4-6-8-10/h4-8H,2-3H2,1H3. The minimum absolute atomic E-state index is 0.254. The fraction of sp³-hybridized carbons (Fsp3) is 0.154. The molecule has 1 aromatic heterocycles. The van der Waals surface area contributed by atoms with Crippen LogP contribution in [0.4, 0.5) is 0 Å². The van der Waals surface area contributed by atoms with E-state index in [1.165, 1.54) is 0 Å². The van der Waals surface area contributed by atoms with Crippen LogP contribution in [-0.2, 0) is 4.74 Å². The number of rotatable bonds is 4. The van der Waals surface area contributed by atoms with Gasteiger partial charge < -0.3 is 4.74 Å². The Labute approximate surface area is 109 Å². The zero-order valence-electron chi connectivity index (χ0n) is 9.92. The molecule has 1 heterocycles. The van der Waals surface area contributed by atoms with Crippen LogP contribution in [0.5, 0.6) is 0 Å². The lowest BCUT2D eigenvalue weighted by Crippen LogP contribution is -2.04. The zero-order valence-corrected chi connectivity index (χ0v) is 10.7. The van der Waals surface area contributed by atoms with Crippen molar-refractivity contribution in [3.05, 3.63) is 53.3 Å². The average Bonchev–Trinajstić information content (AvgIpc) is 2.89. The predicted molar refractivity (Wildman–Crippen MR) is 70.4 cm³/mol. The highest BCUT2D eigenvalue weighted by Gasteiger charge is 2.15. The van der Waals surface area contributed by atoms with Crippen molar-refractivity contribution >= 4 is 23.1 Å². The van der Waals surface area contributed by atoms with Crippen LogP contribution in [-0.4, -0.2) is 21.9 Å². The summed E-state index contributed by atoms with van der Waals surface area (Å²) in [6.07, 6.45) is 0. The van der Waals surface area contributed by atoms with E-state index < -0.39 is 5.97 Å². The minimum atomic E-state index is -0.442. The Kier molecular flexibility index (Phi) is 3.84. The number of nitrogens with zero attached hydrogens (tertiary/aromatic N) is 2. The Balaban J connectivity index is 2.20. The summed E-state index contributed by atoms with van der Waals surface area (Å²) in [5, 5.41) is 0.254. The van der Waals surface area contributed by atoms with Gasteiger partial charge in [-0.2, -0.15) is 4.37 Å². The lowest BCUT2D eigenvalue weighted by atomic mass is 10.1. The third kappa shape index (κ3) is 2.62. The van der Waals surface area contributed by atoms with Gasteiger partial charge in [0.2, 0.25) is 5.01 Å². The quantitative estimate of drug-likeness (QED) is 0.793. The molecule has 0 spiro atoms. The van der Waals surface area contributed by atoms with Gasteiger partial charge in [-0.3, -0.25) is 0 Å². The molecule has 0 aliphatic carbocycles. The minimum Gasteiger partial charge on any atom is -0.461 e. The molecule has 0 aliphatic heterocycles. The van der Waals surface area contributed by atoms with Gasteiger partial charge in [0.1, 0.15) is 0 Å². The molecule has 2 rings (SSSR count). The number of hydrogen-bond acceptors (Lipinski definition) is 5. The molecule has 2 aromatic rings. The molecule has 0 unspecified atom stereocenters. The first-order chi connectivity index (χ1) is 8.72. The van der Waals surface area contributed by atoms with Crippen molar-refractivity contribution in [2.24, 2.45) is 0 Å². The third-order valence-corrected chi connectivity index (χ3v) is 2.96. The van der Waals surface area contributed by atoms with Crippen LogP contribution in [0.25, 0.3) is 5.57 Å². The molecular formula is C13H12N2O2S. The highest BCUT2D eigenvalue weighted by Crippen LogP contribution is 2.20. The highest BCUT2D eigenvalue weighted by molar-refractivity contribution is 7.07. The van der Waals surface area contributed by atoms with E-state index in [1.807, 2.05) is 30.3 Å². The van der Waals surface area contributed by atoms with Gasteiger partial charge in [0.15, 0.2) is 5.82 Å². The van der Waals surface area contributed by atoms with E-state index in [0.717, 1.165) is 17.1 Å². The Hall–Kier alpha value is -2.01. The van der Waals surface area contributed by atoms with E-state index in [-0.39, 0.29) is 5.01 Å². The van der Waals surface area contributed by atoms with Crippen molar-refractivity contribution in [2.45, 2.75) is 6.92 Å². The number of ether oxygens (including phenoxy) is 1. The lowest BCUT2D eigenvalue weighted by Gasteiger charge is -2.00. The molecule has 0 atom stereocenters. The topological polar surface area (TPSA) is 52.1 Å². The molecule has 0 saturated heterocycles. The summed E-state index contributed by atoms with van der Waals surface area (Å²) in [5.74, 6) is 0.0244. The molecule has 0 radical (unpaired) electrons. The van der Waals surface area contributed by atoms with Crippen LogP contribution in [0.2, 0.25) is 0 Å². The molecule has 5 heteroatoms. The zero-order chi connectivity index (χ0) is 13.0. The number of carbonyl (C=O) groups excluding carboxylic acids is 1. The van der Waals surface area contributed by atoms with Gasteiger partial charge in [0.05, 0.1) is 6.61 Å². The molecule has 0 bridgehead atoms. The molecule has 92 valence electrons. The molecular weight excluding hydrogens is 248 g/mol. The van der Waals surface area contributed by atoms with E-state index in [4.69, 9.17) is 4.74 Å². The summed E-state index contributed by atoms with van der Waals surface area (Å²) in [5.41, 5.74) is 1.63. The van der Waals surface area contributed by atoms with Crippen molar-refractivity contribution in [1.82, 2.24) is 9.36 Å². The fourth-order valence-corrected chi connectivity index (χ4v) is 1.97. The van der Waals surface area contributed by atoms with Crippen LogP contribution in [0.15, 0.2) is 36.9 Å².